The molecule has 0 aliphatic heterocycles. The Morgan fingerprint density at radius 3 is 2.42 bits per heavy atom. The van der Waals surface area contributed by atoms with Gasteiger partial charge in [-0.05, 0) is 55.2 Å². The van der Waals surface area contributed by atoms with Gasteiger partial charge in [0.1, 0.15) is 0 Å². The number of carbonyl (C=O) groups is 2. The quantitative estimate of drug-likeness (QED) is 0.809. The Bertz CT molecular complexity index is 632. The van der Waals surface area contributed by atoms with E-state index in [0.29, 0.717) is 0 Å². The molecular weight excluding hydrogens is 300 g/mol. The highest BCUT2D eigenvalue weighted by molar-refractivity contribution is 5.93. The van der Waals surface area contributed by atoms with Crippen LogP contribution in [0.15, 0.2) is 36.4 Å². The summed E-state index contributed by atoms with van der Waals surface area (Å²) >= 11 is 0. The lowest BCUT2D eigenvalue weighted by Gasteiger charge is -2.40. The number of anilines is 1. The number of primary amides is 1. The van der Waals surface area contributed by atoms with Gasteiger partial charge in [-0.25, -0.2) is 0 Å². The van der Waals surface area contributed by atoms with Gasteiger partial charge in [-0.1, -0.05) is 38.1 Å². The number of nitrogens with one attached hydrogen (secondary N) is 1. The highest BCUT2D eigenvalue weighted by atomic mass is 16.2. The van der Waals surface area contributed by atoms with Gasteiger partial charge >= 0.3 is 0 Å². The minimum atomic E-state index is -0.361. The molecule has 4 heteroatoms. The Labute approximate surface area is 144 Å². The number of allylic oxidation sites excluding steroid dienone is 1. The Balaban J connectivity index is 2.08. The van der Waals surface area contributed by atoms with Crippen molar-refractivity contribution in [2.75, 3.05) is 5.32 Å². The second kappa shape index (κ2) is 7.20. The fourth-order valence-electron chi connectivity index (χ4n) is 3.59. The standard InChI is InChI=1S/C20H28N2O2/c1-13(2)16-9-10-20(3,4)12-17(16)19(24)22-15-7-5-14(6-8-15)11-18(21)23/h5-8,16-17H,1,9-12H2,2-4H3,(H2,21,23)(H,22,24). The zero-order valence-electron chi connectivity index (χ0n) is 14.9. The number of hydrogen-bond donors (Lipinski definition) is 2. The molecule has 1 aliphatic rings. The summed E-state index contributed by atoms with van der Waals surface area (Å²) in [5.41, 5.74) is 8.05. The van der Waals surface area contributed by atoms with Crippen molar-refractivity contribution in [2.24, 2.45) is 23.0 Å². The molecule has 2 unspecified atom stereocenters. The lowest BCUT2D eigenvalue weighted by atomic mass is 9.65. The van der Waals surface area contributed by atoms with Crippen LogP contribution >= 0.6 is 0 Å². The molecular formula is C20H28N2O2. The van der Waals surface area contributed by atoms with Crippen molar-refractivity contribution in [3.05, 3.63) is 42.0 Å². The van der Waals surface area contributed by atoms with Gasteiger partial charge < -0.3 is 11.1 Å². The average Bonchev–Trinajstić information content (AvgIpc) is 2.47. The monoisotopic (exact) mass is 328 g/mol. The molecule has 0 spiro atoms. The first kappa shape index (κ1) is 18.2. The minimum Gasteiger partial charge on any atom is -0.369 e. The molecule has 24 heavy (non-hydrogen) atoms. The minimum absolute atomic E-state index is 0.0449. The molecule has 1 saturated carbocycles. The Hall–Kier alpha value is -2.10. The molecule has 1 aliphatic carbocycles. The molecule has 2 amide bonds. The van der Waals surface area contributed by atoms with Crippen molar-refractivity contribution in [3.8, 4) is 0 Å². The normalized spacial score (nSPS) is 22.6. The predicted molar refractivity (Wildman–Crippen MR) is 97.4 cm³/mol. The van der Waals surface area contributed by atoms with Gasteiger partial charge in [-0.2, -0.15) is 0 Å². The predicted octanol–water partition coefficient (Wildman–Crippen LogP) is 3.67. The highest BCUT2D eigenvalue weighted by Gasteiger charge is 2.39. The average molecular weight is 328 g/mol. The second-order valence-electron chi connectivity index (χ2n) is 7.80. The molecule has 0 aromatic heterocycles. The van der Waals surface area contributed by atoms with Crippen LogP contribution in [0.2, 0.25) is 0 Å². The maximum Gasteiger partial charge on any atom is 0.228 e. The summed E-state index contributed by atoms with van der Waals surface area (Å²) in [5, 5.41) is 3.02. The van der Waals surface area contributed by atoms with Gasteiger partial charge in [-0.3, -0.25) is 9.59 Å². The van der Waals surface area contributed by atoms with E-state index in [-0.39, 0.29) is 35.5 Å². The van der Waals surface area contributed by atoms with Gasteiger partial charge in [0.15, 0.2) is 0 Å². The Morgan fingerprint density at radius 1 is 1.25 bits per heavy atom. The van der Waals surface area contributed by atoms with Crippen molar-refractivity contribution in [1.29, 1.82) is 0 Å². The Kier molecular flexibility index (Phi) is 5.47. The highest BCUT2D eigenvalue weighted by Crippen LogP contribution is 2.44. The number of carbonyl (C=O) groups excluding carboxylic acids is 2. The SMILES string of the molecule is C=C(C)C1CCC(C)(C)CC1C(=O)Nc1ccc(CC(N)=O)cc1. The first-order valence-electron chi connectivity index (χ1n) is 8.51. The first-order chi connectivity index (χ1) is 11.2. The number of amides is 2. The summed E-state index contributed by atoms with van der Waals surface area (Å²) in [4.78, 5) is 23.7. The maximum atomic E-state index is 12.8. The number of nitrogens with two attached hydrogens (primary N) is 1. The van der Waals surface area contributed by atoms with Crippen LogP contribution in [0.25, 0.3) is 0 Å². The van der Waals surface area contributed by atoms with E-state index in [2.05, 4.69) is 25.7 Å². The van der Waals surface area contributed by atoms with Crippen LogP contribution in [0, 0.1) is 17.3 Å². The molecule has 3 N–H and O–H groups in total. The van der Waals surface area contributed by atoms with Crippen molar-refractivity contribution in [2.45, 2.75) is 46.5 Å². The summed E-state index contributed by atoms with van der Waals surface area (Å²) in [5.74, 6) is -0.109. The van der Waals surface area contributed by atoms with E-state index in [0.717, 1.165) is 36.1 Å². The van der Waals surface area contributed by atoms with Gasteiger partial charge in [0.25, 0.3) is 0 Å². The van der Waals surface area contributed by atoms with Crippen LogP contribution in [0.3, 0.4) is 0 Å². The third-order valence-electron chi connectivity index (χ3n) is 4.96. The van der Waals surface area contributed by atoms with Crippen molar-refractivity contribution < 1.29 is 9.59 Å². The lowest BCUT2D eigenvalue weighted by molar-refractivity contribution is -0.123. The van der Waals surface area contributed by atoms with Gasteiger partial charge in [-0.15, -0.1) is 0 Å². The maximum absolute atomic E-state index is 12.8. The molecule has 2 rings (SSSR count). The molecule has 1 aromatic carbocycles. The summed E-state index contributed by atoms with van der Waals surface area (Å²) in [6.45, 7) is 10.5. The van der Waals surface area contributed by atoms with Gasteiger partial charge in [0.05, 0.1) is 6.42 Å². The van der Waals surface area contributed by atoms with E-state index in [9.17, 15) is 9.59 Å². The van der Waals surface area contributed by atoms with E-state index in [1.807, 2.05) is 31.2 Å². The van der Waals surface area contributed by atoms with Crippen molar-refractivity contribution in [1.82, 2.24) is 0 Å². The molecule has 4 nitrogen and oxygen atoms in total. The van der Waals surface area contributed by atoms with E-state index in [4.69, 9.17) is 5.73 Å². The van der Waals surface area contributed by atoms with E-state index < -0.39 is 0 Å². The molecule has 130 valence electrons. The molecule has 1 aromatic rings. The van der Waals surface area contributed by atoms with Crippen LogP contribution in [0.4, 0.5) is 5.69 Å². The molecule has 2 atom stereocenters. The molecule has 0 radical (unpaired) electrons. The largest absolute Gasteiger partial charge is 0.369 e. The van der Waals surface area contributed by atoms with E-state index in [1.165, 1.54) is 0 Å². The fraction of sp³-hybridized carbons (Fsp3) is 0.500. The molecule has 0 bridgehead atoms. The molecule has 0 heterocycles. The smallest absolute Gasteiger partial charge is 0.228 e. The van der Waals surface area contributed by atoms with Crippen molar-refractivity contribution in [3.63, 3.8) is 0 Å². The van der Waals surface area contributed by atoms with Gasteiger partial charge in [0.2, 0.25) is 11.8 Å². The number of rotatable bonds is 5. The van der Waals surface area contributed by atoms with Crippen LogP contribution < -0.4 is 11.1 Å². The molecule has 0 saturated heterocycles. The third-order valence-corrected chi connectivity index (χ3v) is 4.96. The van der Waals surface area contributed by atoms with Crippen LogP contribution in [0.5, 0.6) is 0 Å². The number of hydrogen-bond acceptors (Lipinski definition) is 2. The lowest BCUT2D eigenvalue weighted by Crippen LogP contribution is -2.38. The summed E-state index contributed by atoms with van der Waals surface area (Å²) in [7, 11) is 0. The van der Waals surface area contributed by atoms with Crippen LogP contribution in [0.1, 0.15) is 45.6 Å². The van der Waals surface area contributed by atoms with E-state index in [1.54, 1.807) is 0 Å². The summed E-state index contributed by atoms with van der Waals surface area (Å²) in [6, 6.07) is 7.28. The Morgan fingerprint density at radius 2 is 1.88 bits per heavy atom. The third kappa shape index (κ3) is 4.70. The molecule has 1 fully saturated rings. The first-order valence-corrected chi connectivity index (χ1v) is 8.51. The fourth-order valence-corrected chi connectivity index (χ4v) is 3.59. The van der Waals surface area contributed by atoms with Gasteiger partial charge in [0, 0.05) is 11.6 Å². The van der Waals surface area contributed by atoms with Crippen LogP contribution in [-0.4, -0.2) is 11.8 Å². The second-order valence-corrected chi connectivity index (χ2v) is 7.80. The van der Waals surface area contributed by atoms with E-state index >= 15 is 0 Å². The zero-order chi connectivity index (χ0) is 17.9. The number of benzene rings is 1. The zero-order valence-corrected chi connectivity index (χ0v) is 14.9. The summed E-state index contributed by atoms with van der Waals surface area (Å²) in [6.07, 6.45) is 3.22. The van der Waals surface area contributed by atoms with Crippen LogP contribution in [-0.2, 0) is 16.0 Å². The summed E-state index contributed by atoms with van der Waals surface area (Å²) < 4.78 is 0. The topological polar surface area (TPSA) is 72.2 Å². The van der Waals surface area contributed by atoms with Crippen molar-refractivity contribution >= 4 is 17.5 Å².